The Hall–Kier alpha value is -2.40. The summed E-state index contributed by atoms with van der Waals surface area (Å²) in [5, 5.41) is 18.2. The molecule has 0 aliphatic rings. The fourth-order valence-corrected chi connectivity index (χ4v) is 2.03. The Balaban J connectivity index is 2.03. The zero-order chi connectivity index (χ0) is 14.1. The second-order valence-electron chi connectivity index (χ2n) is 4.31. The Morgan fingerprint density at radius 1 is 1.10 bits per heavy atom. The number of rotatable bonds is 2. The third-order valence-electron chi connectivity index (χ3n) is 2.83. The van der Waals surface area contributed by atoms with Crippen LogP contribution in [0.15, 0.2) is 52.8 Å². The molecule has 0 atom stereocenters. The summed E-state index contributed by atoms with van der Waals surface area (Å²) in [6.07, 6.45) is 1.75. The zero-order valence-electron chi connectivity index (χ0n) is 10.7. The molecule has 6 heteroatoms. The van der Waals surface area contributed by atoms with E-state index in [4.69, 9.17) is 11.6 Å². The Morgan fingerprint density at radius 3 is 2.60 bits per heavy atom. The van der Waals surface area contributed by atoms with E-state index in [1.54, 1.807) is 40.9 Å². The minimum absolute atomic E-state index is 0.196. The van der Waals surface area contributed by atoms with E-state index in [-0.39, 0.29) is 5.75 Å². The highest BCUT2D eigenvalue weighted by Crippen LogP contribution is 2.25. The third-order valence-corrected chi connectivity index (χ3v) is 3.06. The highest BCUT2D eigenvalue weighted by atomic mass is 35.5. The molecule has 2 heterocycles. The molecule has 5 nitrogen and oxygen atoms in total. The van der Waals surface area contributed by atoms with Crippen LogP contribution in [0.5, 0.6) is 5.75 Å². The first kappa shape index (κ1) is 12.6. The number of aromatic nitrogens is 2. The van der Waals surface area contributed by atoms with Gasteiger partial charge in [-0.25, -0.2) is 4.98 Å². The fraction of sp³-hybridized carbons (Fsp3) is 0.0714. The van der Waals surface area contributed by atoms with E-state index in [1.165, 1.54) is 0 Å². The monoisotopic (exact) mass is 286 g/mol. The standard InChI is InChI=1S/C14H11ClN4O/c1-9-14(18-17-11-3-5-12(20)6-4-11)19-8-10(15)2-7-13(19)16-9/h2-8,20H,1H3. The quantitative estimate of drug-likeness (QED) is 0.709. The van der Waals surface area contributed by atoms with Crippen LogP contribution in [-0.4, -0.2) is 14.5 Å². The highest BCUT2D eigenvalue weighted by molar-refractivity contribution is 6.30. The molecular weight excluding hydrogens is 276 g/mol. The Morgan fingerprint density at radius 2 is 1.85 bits per heavy atom. The number of halogens is 1. The number of imidazole rings is 1. The number of hydrogen-bond donors (Lipinski definition) is 1. The molecule has 0 aliphatic heterocycles. The van der Waals surface area contributed by atoms with Gasteiger partial charge in [0.15, 0.2) is 5.82 Å². The van der Waals surface area contributed by atoms with Crippen LogP contribution < -0.4 is 0 Å². The van der Waals surface area contributed by atoms with E-state index in [2.05, 4.69) is 15.2 Å². The largest absolute Gasteiger partial charge is 0.508 e. The molecule has 0 bridgehead atoms. The molecule has 3 aromatic rings. The van der Waals surface area contributed by atoms with Crippen LogP contribution in [0.4, 0.5) is 11.5 Å². The van der Waals surface area contributed by atoms with Gasteiger partial charge in [0, 0.05) is 6.20 Å². The number of aryl methyl sites for hydroxylation is 1. The first-order valence-electron chi connectivity index (χ1n) is 5.98. The average Bonchev–Trinajstić information content (AvgIpc) is 2.73. The van der Waals surface area contributed by atoms with E-state index in [1.807, 2.05) is 13.0 Å². The van der Waals surface area contributed by atoms with Gasteiger partial charge in [-0.05, 0) is 43.3 Å². The van der Waals surface area contributed by atoms with Crippen molar-refractivity contribution >= 4 is 28.8 Å². The van der Waals surface area contributed by atoms with Gasteiger partial charge in [0.1, 0.15) is 11.4 Å². The maximum Gasteiger partial charge on any atom is 0.182 e. The molecule has 0 aliphatic carbocycles. The number of benzene rings is 1. The van der Waals surface area contributed by atoms with Crippen LogP contribution >= 0.6 is 11.6 Å². The number of phenols is 1. The number of aromatic hydroxyl groups is 1. The number of phenolic OH excluding ortho intramolecular Hbond substituents is 1. The normalized spacial score (nSPS) is 11.5. The maximum absolute atomic E-state index is 9.22. The molecule has 1 aromatic carbocycles. The van der Waals surface area contributed by atoms with Crippen molar-refractivity contribution in [1.29, 1.82) is 0 Å². The van der Waals surface area contributed by atoms with Crippen molar-refractivity contribution in [1.82, 2.24) is 9.38 Å². The van der Waals surface area contributed by atoms with E-state index in [0.717, 1.165) is 11.3 Å². The topological polar surface area (TPSA) is 62.2 Å². The first-order chi connectivity index (χ1) is 9.63. The summed E-state index contributed by atoms with van der Waals surface area (Å²) in [5.41, 5.74) is 2.19. The summed E-state index contributed by atoms with van der Waals surface area (Å²) in [6.45, 7) is 1.87. The van der Waals surface area contributed by atoms with Gasteiger partial charge in [-0.15, -0.1) is 10.2 Å². The van der Waals surface area contributed by atoms with Gasteiger partial charge < -0.3 is 5.11 Å². The summed E-state index contributed by atoms with van der Waals surface area (Å²) in [7, 11) is 0. The van der Waals surface area contributed by atoms with Gasteiger partial charge >= 0.3 is 0 Å². The SMILES string of the molecule is Cc1nc2ccc(Cl)cn2c1N=Nc1ccc(O)cc1. The van der Waals surface area contributed by atoms with E-state index < -0.39 is 0 Å². The molecular formula is C14H11ClN4O. The molecule has 0 saturated heterocycles. The van der Waals surface area contributed by atoms with E-state index >= 15 is 0 Å². The van der Waals surface area contributed by atoms with Gasteiger partial charge in [0.25, 0.3) is 0 Å². The minimum Gasteiger partial charge on any atom is -0.508 e. The van der Waals surface area contributed by atoms with Crippen molar-refractivity contribution in [2.75, 3.05) is 0 Å². The number of pyridine rings is 1. The molecule has 0 unspecified atom stereocenters. The first-order valence-corrected chi connectivity index (χ1v) is 6.36. The summed E-state index contributed by atoms with van der Waals surface area (Å²) >= 11 is 5.99. The summed E-state index contributed by atoms with van der Waals surface area (Å²) in [5.74, 6) is 0.831. The van der Waals surface area contributed by atoms with Crippen LogP contribution in [-0.2, 0) is 0 Å². The lowest BCUT2D eigenvalue weighted by Crippen LogP contribution is -1.82. The van der Waals surface area contributed by atoms with Gasteiger partial charge in [-0.2, -0.15) is 0 Å². The fourth-order valence-electron chi connectivity index (χ4n) is 1.87. The van der Waals surface area contributed by atoms with Crippen molar-refractivity contribution in [3.05, 3.63) is 53.3 Å². The van der Waals surface area contributed by atoms with Gasteiger partial charge in [0.2, 0.25) is 0 Å². The molecule has 3 rings (SSSR count). The van der Waals surface area contributed by atoms with Gasteiger partial charge in [-0.3, -0.25) is 4.40 Å². The molecule has 0 amide bonds. The van der Waals surface area contributed by atoms with Crippen molar-refractivity contribution in [3.8, 4) is 5.75 Å². The molecule has 2 aromatic heterocycles. The van der Waals surface area contributed by atoms with Gasteiger partial charge in [-0.1, -0.05) is 11.6 Å². The molecule has 1 N–H and O–H groups in total. The van der Waals surface area contributed by atoms with Crippen LogP contribution in [0.1, 0.15) is 5.69 Å². The third kappa shape index (κ3) is 2.35. The predicted molar refractivity (Wildman–Crippen MR) is 77.2 cm³/mol. The molecule has 0 radical (unpaired) electrons. The van der Waals surface area contributed by atoms with Crippen LogP contribution in [0.25, 0.3) is 5.65 Å². The lowest BCUT2D eigenvalue weighted by Gasteiger charge is -1.97. The highest BCUT2D eigenvalue weighted by Gasteiger charge is 2.08. The lowest BCUT2D eigenvalue weighted by molar-refractivity contribution is 0.475. The Labute approximate surface area is 120 Å². The summed E-state index contributed by atoms with van der Waals surface area (Å²) in [6, 6.07) is 10.1. The van der Waals surface area contributed by atoms with Crippen molar-refractivity contribution < 1.29 is 5.11 Å². The van der Waals surface area contributed by atoms with Crippen molar-refractivity contribution in [3.63, 3.8) is 0 Å². The number of azo groups is 1. The Bertz CT molecular complexity index is 793. The van der Waals surface area contributed by atoms with Crippen LogP contribution in [0.2, 0.25) is 5.02 Å². The summed E-state index contributed by atoms with van der Waals surface area (Å²) in [4.78, 5) is 4.39. The maximum atomic E-state index is 9.22. The number of nitrogens with zero attached hydrogens (tertiary/aromatic N) is 4. The van der Waals surface area contributed by atoms with Crippen LogP contribution in [0, 0.1) is 6.92 Å². The summed E-state index contributed by atoms with van der Waals surface area (Å²) < 4.78 is 1.79. The second kappa shape index (κ2) is 4.94. The van der Waals surface area contributed by atoms with Crippen molar-refractivity contribution in [2.45, 2.75) is 6.92 Å². The minimum atomic E-state index is 0.196. The van der Waals surface area contributed by atoms with Crippen molar-refractivity contribution in [2.24, 2.45) is 10.2 Å². The zero-order valence-corrected chi connectivity index (χ0v) is 11.4. The van der Waals surface area contributed by atoms with E-state index in [0.29, 0.717) is 16.5 Å². The lowest BCUT2D eigenvalue weighted by atomic mass is 10.3. The molecule has 0 fully saturated rings. The predicted octanol–water partition coefficient (Wildman–Crippen LogP) is 4.42. The average molecular weight is 287 g/mol. The molecule has 0 spiro atoms. The van der Waals surface area contributed by atoms with Gasteiger partial charge in [0.05, 0.1) is 16.4 Å². The molecule has 100 valence electrons. The second-order valence-corrected chi connectivity index (χ2v) is 4.75. The Kier molecular flexibility index (Phi) is 3.12. The molecule has 0 saturated carbocycles. The molecule has 20 heavy (non-hydrogen) atoms. The smallest absolute Gasteiger partial charge is 0.182 e. The number of hydrogen-bond acceptors (Lipinski definition) is 4. The number of fused-ring (bicyclic) bond motifs is 1. The van der Waals surface area contributed by atoms with Crippen LogP contribution in [0.3, 0.4) is 0 Å². The van der Waals surface area contributed by atoms with E-state index in [9.17, 15) is 5.11 Å².